The SMILES string of the molecule is C=C/C(C#N)=C(/NC(=O)N[S+]([O-])c1ccccc1CCC(F)(F)F)N(N)c1nn2c(c1N)CCCC2. The molecule has 192 valence electrons. The second-order valence-corrected chi connectivity index (χ2v) is 9.04. The molecule has 2 amide bonds. The van der Waals surface area contributed by atoms with Crippen LogP contribution in [0.3, 0.4) is 0 Å². The number of amides is 2. The number of carbonyl (C=O) groups excluding carboxylic acids is 1. The minimum absolute atomic E-state index is 0.0160. The molecule has 10 nitrogen and oxygen atoms in total. The highest BCUT2D eigenvalue weighted by Gasteiger charge is 2.30. The molecule has 36 heavy (non-hydrogen) atoms. The van der Waals surface area contributed by atoms with Crippen molar-refractivity contribution in [2.75, 3.05) is 10.7 Å². The monoisotopic (exact) mass is 522 g/mol. The second-order valence-electron chi connectivity index (χ2n) is 7.86. The van der Waals surface area contributed by atoms with Crippen molar-refractivity contribution in [1.82, 2.24) is 19.8 Å². The van der Waals surface area contributed by atoms with Gasteiger partial charge in [0.05, 0.1) is 17.0 Å². The lowest BCUT2D eigenvalue weighted by Gasteiger charge is -2.22. The molecule has 1 atom stereocenters. The van der Waals surface area contributed by atoms with Crippen molar-refractivity contribution in [2.45, 2.75) is 49.7 Å². The van der Waals surface area contributed by atoms with Crippen LogP contribution in [-0.2, 0) is 30.7 Å². The number of benzene rings is 1. The van der Waals surface area contributed by atoms with Crippen LogP contribution in [0.5, 0.6) is 0 Å². The van der Waals surface area contributed by atoms with Gasteiger partial charge >= 0.3 is 12.2 Å². The number of carbonyl (C=O) groups is 1. The summed E-state index contributed by atoms with van der Waals surface area (Å²) >= 11 is -2.21. The average molecular weight is 523 g/mol. The molecular formula is C22H25F3N8O2S. The molecule has 0 spiro atoms. The Morgan fingerprint density at radius 1 is 1.39 bits per heavy atom. The number of nitrogens with zero attached hydrogens (tertiary/aromatic N) is 4. The van der Waals surface area contributed by atoms with Crippen molar-refractivity contribution >= 4 is 28.9 Å². The molecule has 0 aliphatic carbocycles. The van der Waals surface area contributed by atoms with Gasteiger partial charge in [0.15, 0.2) is 10.7 Å². The summed E-state index contributed by atoms with van der Waals surface area (Å²) in [7, 11) is 0. The van der Waals surface area contributed by atoms with E-state index < -0.39 is 36.4 Å². The fourth-order valence-corrected chi connectivity index (χ4v) is 4.62. The van der Waals surface area contributed by atoms with Gasteiger partial charge in [0, 0.05) is 18.5 Å². The Balaban J connectivity index is 1.81. The standard InChI is InChI=1S/C22H25F3N8O2S/c1-2-14(13-26)19(33(28)20-18(27)16-8-5-6-12-32(16)30-20)29-21(34)31-36(35)17-9-4-3-7-15(17)10-11-22(23,24)25/h2-4,7,9H,1,5-6,8,10-12,27-28H2,(H2,29,31,34)/b19-14+. The van der Waals surface area contributed by atoms with E-state index in [1.807, 2.05) is 6.07 Å². The molecule has 3 rings (SSSR count). The summed E-state index contributed by atoms with van der Waals surface area (Å²) in [5.41, 5.74) is 7.33. The van der Waals surface area contributed by atoms with Crippen LogP contribution in [0.4, 0.5) is 29.5 Å². The topological polar surface area (TPSA) is 161 Å². The van der Waals surface area contributed by atoms with E-state index in [0.717, 1.165) is 29.6 Å². The number of halogens is 3. The number of hydrogen-bond donors (Lipinski definition) is 4. The van der Waals surface area contributed by atoms with Crippen molar-refractivity contribution < 1.29 is 22.5 Å². The van der Waals surface area contributed by atoms with Gasteiger partial charge in [-0.3, -0.25) is 10.00 Å². The first-order chi connectivity index (χ1) is 17.1. The zero-order chi connectivity index (χ0) is 26.5. The zero-order valence-electron chi connectivity index (χ0n) is 19.1. The van der Waals surface area contributed by atoms with E-state index in [2.05, 4.69) is 21.7 Å². The van der Waals surface area contributed by atoms with Gasteiger partial charge in [-0.1, -0.05) is 24.8 Å². The van der Waals surface area contributed by atoms with E-state index in [4.69, 9.17) is 11.6 Å². The quantitative estimate of drug-likeness (QED) is 0.136. The highest BCUT2D eigenvalue weighted by Crippen LogP contribution is 2.30. The number of urea groups is 1. The van der Waals surface area contributed by atoms with Crippen molar-refractivity contribution in [3.8, 4) is 6.07 Å². The van der Waals surface area contributed by atoms with Gasteiger partial charge in [-0.25, -0.2) is 15.6 Å². The summed E-state index contributed by atoms with van der Waals surface area (Å²) in [4.78, 5) is 12.7. The Morgan fingerprint density at radius 3 is 2.75 bits per heavy atom. The van der Waals surface area contributed by atoms with E-state index in [1.165, 1.54) is 24.3 Å². The number of anilines is 2. The predicted molar refractivity (Wildman–Crippen MR) is 128 cm³/mol. The van der Waals surface area contributed by atoms with E-state index in [-0.39, 0.29) is 27.7 Å². The Labute approximate surface area is 208 Å². The smallest absolute Gasteiger partial charge is 0.389 e. The first-order valence-corrected chi connectivity index (χ1v) is 12.0. The molecule has 0 saturated carbocycles. The molecule has 0 radical (unpaired) electrons. The molecule has 2 aromatic rings. The number of nitrogens with one attached hydrogen (secondary N) is 2. The summed E-state index contributed by atoms with van der Waals surface area (Å²) in [6.45, 7) is 4.18. The molecule has 14 heteroatoms. The van der Waals surface area contributed by atoms with E-state index >= 15 is 0 Å². The van der Waals surface area contributed by atoms with E-state index in [1.54, 1.807) is 4.68 Å². The lowest BCUT2D eigenvalue weighted by Crippen LogP contribution is -2.46. The first kappa shape index (κ1) is 26.9. The number of hydrazine groups is 1. The van der Waals surface area contributed by atoms with Gasteiger partial charge in [-0.15, -0.1) is 4.72 Å². The van der Waals surface area contributed by atoms with Gasteiger partial charge in [0.2, 0.25) is 0 Å². The number of nitriles is 1. The van der Waals surface area contributed by atoms with E-state index in [0.29, 0.717) is 18.7 Å². The number of nitrogens with two attached hydrogens (primary N) is 2. The lowest BCUT2D eigenvalue weighted by atomic mass is 10.1. The molecule has 1 aliphatic heterocycles. The third-order valence-corrected chi connectivity index (χ3v) is 6.60. The van der Waals surface area contributed by atoms with Crippen LogP contribution in [0, 0.1) is 11.3 Å². The van der Waals surface area contributed by atoms with Crippen LogP contribution >= 0.6 is 0 Å². The fourth-order valence-electron chi connectivity index (χ4n) is 3.68. The summed E-state index contributed by atoms with van der Waals surface area (Å²) in [6, 6.07) is 6.59. The molecular weight excluding hydrogens is 497 g/mol. The van der Waals surface area contributed by atoms with Crippen LogP contribution in [0.25, 0.3) is 0 Å². The van der Waals surface area contributed by atoms with Gasteiger partial charge in [-0.05, 0) is 37.8 Å². The van der Waals surface area contributed by atoms with Gasteiger partial charge in [-0.2, -0.15) is 23.5 Å². The van der Waals surface area contributed by atoms with Crippen molar-refractivity contribution in [2.24, 2.45) is 5.84 Å². The van der Waals surface area contributed by atoms with Crippen LogP contribution < -0.4 is 26.6 Å². The normalized spacial score (nSPS) is 14.7. The van der Waals surface area contributed by atoms with Crippen LogP contribution in [0.1, 0.15) is 30.5 Å². The van der Waals surface area contributed by atoms with Gasteiger partial charge < -0.3 is 10.3 Å². The number of aromatic nitrogens is 2. The summed E-state index contributed by atoms with van der Waals surface area (Å²) in [5.74, 6) is 6.07. The molecule has 0 bridgehead atoms. The predicted octanol–water partition coefficient (Wildman–Crippen LogP) is 2.92. The van der Waals surface area contributed by atoms with Crippen LogP contribution in [0.15, 0.2) is 53.2 Å². The third-order valence-electron chi connectivity index (χ3n) is 5.43. The van der Waals surface area contributed by atoms with Crippen molar-refractivity contribution in [1.29, 1.82) is 5.26 Å². The molecule has 2 heterocycles. The first-order valence-electron chi connectivity index (χ1n) is 10.9. The zero-order valence-corrected chi connectivity index (χ0v) is 20.0. The summed E-state index contributed by atoms with van der Waals surface area (Å²) in [5, 5.41) is 17.2. The van der Waals surface area contributed by atoms with Crippen molar-refractivity contribution in [3.63, 3.8) is 0 Å². The lowest BCUT2D eigenvalue weighted by molar-refractivity contribution is -0.134. The van der Waals surface area contributed by atoms with Gasteiger partial charge in [0.25, 0.3) is 0 Å². The number of nitrogen functional groups attached to an aromatic ring is 1. The van der Waals surface area contributed by atoms with E-state index in [9.17, 15) is 27.8 Å². The largest absolute Gasteiger partial charge is 0.588 e. The number of hydrogen-bond acceptors (Lipinski definition) is 7. The maximum Gasteiger partial charge on any atom is 0.389 e. The molecule has 0 saturated heterocycles. The minimum Gasteiger partial charge on any atom is -0.588 e. The molecule has 6 N–H and O–H groups in total. The highest BCUT2D eigenvalue weighted by molar-refractivity contribution is 7.90. The second kappa shape index (κ2) is 11.4. The Morgan fingerprint density at radius 2 is 2.11 bits per heavy atom. The molecule has 1 aromatic heterocycles. The maximum absolute atomic E-state index is 12.8. The number of aryl methyl sites for hydroxylation is 2. The average Bonchev–Trinajstić information content (AvgIpc) is 3.18. The maximum atomic E-state index is 12.8. The van der Waals surface area contributed by atoms with Crippen LogP contribution in [0.2, 0.25) is 0 Å². The van der Waals surface area contributed by atoms with Gasteiger partial charge in [0.1, 0.15) is 23.3 Å². The Kier molecular flexibility index (Phi) is 8.51. The minimum atomic E-state index is -4.39. The molecule has 0 fully saturated rings. The molecule has 1 aliphatic rings. The number of alkyl halides is 3. The fraction of sp³-hybridized carbons (Fsp3) is 0.318. The molecule has 1 aromatic carbocycles. The third kappa shape index (κ3) is 6.30. The Bertz CT molecular complexity index is 1200. The summed E-state index contributed by atoms with van der Waals surface area (Å²) in [6.07, 6.45) is -2.22. The molecule has 1 unspecified atom stereocenters. The van der Waals surface area contributed by atoms with Crippen molar-refractivity contribution in [3.05, 3.63) is 59.6 Å². The summed E-state index contributed by atoms with van der Waals surface area (Å²) < 4.78 is 54.6. The number of allylic oxidation sites excluding steroid dienone is 2. The Hall–Kier alpha value is -3.67. The van der Waals surface area contributed by atoms with Crippen LogP contribution in [-0.4, -0.2) is 26.5 Å². The highest BCUT2D eigenvalue weighted by atomic mass is 32.2. The number of rotatable bonds is 8. The number of fused-ring (bicyclic) bond motifs is 1.